The smallest absolute Gasteiger partial charge is 0.216 e. The van der Waals surface area contributed by atoms with Crippen molar-refractivity contribution in [1.82, 2.24) is 14.9 Å². The third-order valence-corrected chi connectivity index (χ3v) is 4.89. The lowest BCUT2D eigenvalue weighted by Crippen LogP contribution is -2.01. The Kier molecular flexibility index (Phi) is 7.19. The molecule has 0 saturated heterocycles. The molecule has 152 valence electrons. The Balaban J connectivity index is 1.75. The molecule has 0 unspecified atom stereocenters. The summed E-state index contributed by atoms with van der Waals surface area (Å²) in [7, 11) is 1.63. The first-order valence-electron chi connectivity index (χ1n) is 9.68. The summed E-state index contributed by atoms with van der Waals surface area (Å²) in [5.74, 6) is 2.18. The van der Waals surface area contributed by atoms with Gasteiger partial charge in [0.1, 0.15) is 6.61 Å². The van der Waals surface area contributed by atoms with Crippen molar-refractivity contribution in [3.05, 3.63) is 69.8 Å². The van der Waals surface area contributed by atoms with Crippen molar-refractivity contribution in [1.29, 1.82) is 0 Å². The number of aromatic nitrogens is 3. The van der Waals surface area contributed by atoms with Gasteiger partial charge < -0.3 is 9.47 Å². The second kappa shape index (κ2) is 10.0. The van der Waals surface area contributed by atoms with E-state index in [2.05, 4.69) is 41.3 Å². The first kappa shape index (κ1) is 20.8. The number of aromatic amines is 1. The van der Waals surface area contributed by atoms with Gasteiger partial charge in [-0.3, -0.25) is 5.10 Å². The fourth-order valence-corrected chi connectivity index (χ4v) is 3.07. The Hall–Kier alpha value is -2.93. The van der Waals surface area contributed by atoms with E-state index in [1.54, 1.807) is 18.0 Å². The molecule has 1 aromatic heterocycles. The van der Waals surface area contributed by atoms with Gasteiger partial charge in [-0.05, 0) is 60.5 Å². The van der Waals surface area contributed by atoms with E-state index in [1.165, 1.54) is 5.56 Å². The number of nitrogens with zero attached hydrogens (tertiary/aromatic N) is 3. The molecule has 0 aliphatic rings. The van der Waals surface area contributed by atoms with E-state index in [9.17, 15) is 0 Å². The van der Waals surface area contributed by atoms with E-state index in [4.69, 9.17) is 21.7 Å². The van der Waals surface area contributed by atoms with Crippen molar-refractivity contribution in [2.45, 2.75) is 39.7 Å². The van der Waals surface area contributed by atoms with Gasteiger partial charge in [0.05, 0.1) is 13.3 Å². The molecule has 0 radical (unpaired) electrons. The predicted molar refractivity (Wildman–Crippen MR) is 118 cm³/mol. The van der Waals surface area contributed by atoms with Crippen LogP contribution in [0.2, 0.25) is 0 Å². The summed E-state index contributed by atoms with van der Waals surface area (Å²) in [4.78, 5) is 0. The number of rotatable bonds is 9. The van der Waals surface area contributed by atoms with Gasteiger partial charge in [0.2, 0.25) is 4.77 Å². The summed E-state index contributed by atoms with van der Waals surface area (Å²) in [6.45, 7) is 4.70. The number of hydrogen-bond donors (Lipinski definition) is 1. The van der Waals surface area contributed by atoms with E-state index in [-0.39, 0.29) is 0 Å². The van der Waals surface area contributed by atoms with Gasteiger partial charge in [-0.1, -0.05) is 37.6 Å². The Bertz CT molecular complexity index is 1040. The minimum Gasteiger partial charge on any atom is -0.493 e. The molecule has 1 heterocycles. The van der Waals surface area contributed by atoms with Crippen LogP contribution in [0.25, 0.3) is 0 Å². The average molecular weight is 411 g/mol. The zero-order chi connectivity index (χ0) is 20.6. The zero-order valence-corrected chi connectivity index (χ0v) is 17.8. The fourth-order valence-electron chi connectivity index (χ4n) is 2.88. The molecule has 29 heavy (non-hydrogen) atoms. The number of methoxy groups -OCH3 is 1. The maximum Gasteiger partial charge on any atom is 0.216 e. The summed E-state index contributed by atoms with van der Waals surface area (Å²) in [5, 5.41) is 11.6. The zero-order valence-electron chi connectivity index (χ0n) is 17.0. The lowest BCUT2D eigenvalue weighted by Gasteiger charge is -2.12. The third kappa shape index (κ3) is 5.32. The standard InChI is InChI=1S/C22H26N4O2S/c1-4-5-10-21-24-25-22(29)26(21)23-14-17-11-12-19(20(13-17)27-3)28-15-18-9-7-6-8-16(18)2/h6-9,11-14H,4-5,10,15H2,1-3H3,(H,25,29)/b23-14+. The Morgan fingerprint density at radius 2 is 2.03 bits per heavy atom. The van der Waals surface area contributed by atoms with Gasteiger partial charge >= 0.3 is 0 Å². The minimum atomic E-state index is 0.484. The van der Waals surface area contributed by atoms with Gasteiger partial charge in [0, 0.05) is 6.42 Å². The van der Waals surface area contributed by atoms with Crippen LogP contribution in [-0.4, -0.2) is 28.2 Å². The maximum absolute atomic E-state index is 5.98. The largest absolute Gasteiger partial charge is 0.493 e. The minimum absolute atomic E-state index is 0.484. The summed E-state index contributed by atoms with van der Waals surface area (Å²) in [5.41, 5.74) is 3.23. The molecule has 6 nitrogen and oxygen atoms in total. The number of H-pyrrole nitrogens is 1. The van der Waals surface area contributed by atoms with Crippen molar-refractivity contribution >= 4 is 18.4 Å². The first-order valence-corrected chi connectivity index (χ1v) is 10.1. The van der Waals surface area contributed by atoms with Crippen LogP contribution in [0.3, 0.4) is 0 Å². The monoisotopic (exact) mass is 410 g/mol. The lowest BCUT2D eigenvalue weighted by molar-refractivity contribution is 0.284. The van der Waals surface area contributed by atoms with Crippen LogP contribution in [0, 0.1) is 11.7 Å². The molecule has 0 spiro atoms. The second-order valence-corrected chi connectivity index (χ2v) is 7.12. The lowest BCUT2D eigenvalue weighted by atomic mass is 10.1. The highest BCUT2D eigenvalue weighted by molar-refractivity contribution is 7.71. The average Bonchev–Trinajstić information content (AvgIpc) is 3.09. The quantitative estimate of drug-likeness (QED) is 0.395. The van der Waals surface area contributed by atoms with E-state index >= 15 is 0 Å². The molecule has 2 aromatic carbocycles. The molecule has 1 N–H and O–H groups in total. The van der Waals surface area contributed by atoms with Crippen LogP contribution < -0.4 is 9.47 Å². The summed E-state index contributed by atoms with van der Waals surface area (Å²) in [6, 6.07) is 13.9. The number of benzene rings is 2. The van der Waals surface area contributed by atoms with Gasteiger partial charge in [-0.2, -0.15) is 14.9 Å². The van der Waals surface area contributed by atoms with Crippen molar-refractivity contribution in [3.63, 3.8) is 0 Å². The molecule has 3 rings (SSSR count). The molecule has 7 heteroatoms. The highest BCUT2D eigenvalue weighted by atomic mass is 32.1. The molecule has 0 fully saturated rings. The van der Waals surface area contributed by atoms with E-state index in [0.717, 1.165) is 36.2 Å². The van der Waals surface area contributed by atoms with Gasteiger partial charge in [0.15, 0.2) is 17.3 Å². The van der Waals surface area contributed by atoms with E-state index in [0.29, 0.717) is 22.9 Å². The first-order chi connectivity index (χ1) is 14.1. The number of nitrogens with one attached hydrogen (secondary N) is 1. The Labute approximate surface area is 176 Å². The van der Waals surface area contributed by atoms with Crippen LogP contribution in [-0.2, 0) is 13.0 Å². The van der Waals surface area contributed by atoms with Gasteiger partial charge in [-0.25, -0.2) is 0 Å². The second-order valence-electron chi connectivity index (χ2n) is 6.73. The fraction of sp³-hybridized carbons (Fsp3) is 0.318. The number of unbranched alkanes of at least 4 members (excludes halogenated alkanes) is 1. The van der Waals surface area contributed by atoms with Crippen LogP contribution in [0.15, 0.2) is 47.6 Å². The third-order valence-electron chi connectivity index (χ3n) is 4.63. The van der Waals surface area contributed by atoms with Crippen molar-refractivity contribution in [3.8, 4) is 11.5 Å². The Morgan fingerprint density at radius 3 is 2.79 bits per heavy atom. The molecule has 0 aliphatic heterocycles. The van der Waals surface area contributed by atoms with Crippen molar-refractivity contribution < 1.29 is 9.47 Å². The summed E-state index contributed by atoms with van der Waals surface area (Å²) in [6.07, 6.45) is 4.70. The molecule has 0 saturated carbocycles. The van der Waals surface area contributed by atoms with E-state index < -0.39 is 0 Å². The number of aryl methyl sites for hydroxylation is 2. The molecule has 0 amide bonds. The maximum atomic E-state index is 5.98. The highest BCUT2D eigenvalue weighted by Crippen LogP contribution is 2.28. The van der Waals surface area contributed by atoms with Gasteiger partial charge in [0.25, 0.3) is 0 Å². The normalized spacial score (nSPS) is 11.1. The molecule has 3 aromatic rings. The van der Waals surface area contributed by atoms with Crippen LogP contribution in [0.5, 0.6) is 11.5 Å². The van der Waals surface area contributed by atoms with Crippen LogP contribution in [0.1, 0.15) is 42.3 Å². The summed E-state index contributed by atoms with van der Waals surface area (Å²) < 4.78 is 13.6. The Morgan fingerprint density at radius 1 is 1.21 bits per heavy atom. The van der Waals surface area contributed by atoms with Crippen molar-refractivity contribution in [2.24, 2.45) is 5.10 Å². The van der Waals surface area contributed by atoms with Crippen LogP contribution in [0.4, 0.5) is 0 Å². The van der Waals surface area contributed by atoms with Crippen molar-refractivity contribution in [2.75, 3.05) is 7.11 Å². The predicted octanol–water partition coefficient (Wildman–Crippen LogP) is 5.06. The number of ether oxygens (including phenoxy) is 2. The number of hydrogen-bond acceptors (Lipinski definition) is 5. The molecule has 0 bridgehead atoms. The topological polar surface area (TPSA) is 64.4 Å². The molecular formula is C22H26N4O2S. The molecular weight excluding hydrogens is 384 g/mol. The summed E-state index contributed by atoms with van der Waals surface area (Å²) >= 11 is 5.29. The highest BCUT2D eigenvalue weighted by Gasteiger charge is 2.08. The molecule has 0 atom stereocenters. The SMILES string of the molecule is CCCCc1n[nH]c(=S)n1/N=C/c1ccc(OCc2ccccc2C)c(OC)c1. The van der Waals surface area contributed by atoms with E-state index in [1.807, 2.05) is 30.3 Å². The van der Waals surface area contributed by atoms with Gasteiger partial charge in [-0.15, -0.1) is 0 Å². The molecule has 0 aliphatic carbocycles. The van der Waals surface area contributed by atoms with Crippen LogP contribution >= 0.6 is 12.2 Å².